The molecule has 0 radical (unpaired) electrons. The number of amides is 2. The predicted octanol–water partition coefficient (Wildman–Crippen LogP) is 1.21. The van der Waals surface area contributed by atoms with Crippen molar-refractivity contribution in [1.29, 1.82) is 0 Å². The third kappa shape index (κ3) is 2.25. The summed E-state index contributed by atoms with van der Waals surface area (Å²) in [7, 11) is 1.76. The van der Waals surface area contributed by atoms with Crippen molar-refractivity contribution in [2.24, 2.45) is 12.8 Å². The molecule has 0 fully saturated rings. The van der Waals surface area contributed by atoms with Crippen LogP contribution in [0.5, 0.6) is 0 Å². The molecular weight excluding hydrogens is 180 g/mol. The number of carbonyl (C=O) groups excluding carboxylic acids is 1. The van der Waals surface area contributed by atoms with Gasteiger partial charge in [-0.2, -0.15) is 5.10 Å². The molecular formula is C9H16N4O. The minimum absolute atomic E-state index is 0.0324. The van der Waals surface area contributed by atoms with Gasteiger partial charge in [0.25, 0.3) is 0 Å². The Hall–Kier alpha value is -1.52. The van der Waals surface area contributed by atoms with Crippen LogP contribution in [0.15, 0.2) is 6.07 Å². The number of nitrogens with one attached hydrogen (secondary N) is 1. The average Bonchev–Trinajstić information content (AvgIpc) is 2.30. The van der Waals surface area contributed by atoms with Gasteiger partial charge in [0.2, 0.25) is 0 Å². The van der Waals surface area contributed by atoms with Crippen LogP contribution in [0.2, 0.25) is 0 Å². The third-order valence-corrected chi connectivity index (χ3v) is 1.90. The molecule has 0 aliphatic heterocycles. The van der Waals surface area contributed by atoms with Crippen LogP contribution in [0.4, 0.5) is 10.6 Å². The molecule has 5 nitrogen and oxygen atoms in total. The molecule has 3 N–H and O–H groups in total. The molecule has 0 saturated carbocycles. The topological polar surface area (TPSA) is 72.9 Å². The van der Waals surface area contributed by atoms with Crippen molar-refractivity contribution in [2.45, 2.75) is 26.2 Å². The maximum atomic E-state index is 10.6. The van der Waals surface area contributed by atoms with Gasteiger partial charge >= 0.3 is 6.03 Å². The molecule has 0 aliphatic rings. The predicted molar refractivity (Wildman–Crippen MR) is 55.1 cm³/mol. The van der Waals surface area contributed by atoms with Gasteiger partial charge in [0.05, 0.1) is 5.69 Å². The highest BCUT2D eigenvalue weighted by molar-refractivity contribution is 5.86. The number of aromatic nitrogens is 2. The SMILES string of the molecule is Cn1nc(C(C)(C)C)cc1NC(N)=O. The molecule has 0 unspecified atom stereocenters. The monoisotopic (exact) mass is 196 g/mol. The smallest absolute Gasteiger partial charge is 0.317 e. The van der Waals surface area contributed by atoms with Gasteiger partial charge < -0.3 is 5.73 Å². The number of urea groups is 1. The highest BCUT2D eigenvalue weighted by Gasteiger charge is 2.19. The van der Waals surface area contributed by atoms with E-state index in [0.717, 1.165) is 5.69 Å². The van der Waals surface area contributed by atoms with E-state index in [-0.39, 0.29) is 5.41 Å². The fourth-order valence-corrected chi connectivity index (χ4v) is 1.08. The van der Waals surface area contributed by atoms with Gasteiger partial charge in [-0.15, -0.1) is 0 Å². The van der Waals surface area contributed by atoms with Crippen molar-refractivity contribution >= 4 is 11.8 Å². The van der Waals surface area contributed by atoms with Crippen LogP contribution in [-0.2, 0) is 12.5 Å². The minimum atomic E-state index is -0.576. The summed E-state index contributed by atoms with van der Waals surface area (Å²) in [5, 5.41) is 6.79. The van der Waals surface area contributed by atoms with E-state index in [9.17, 15) is 4.79 Å². The van der Waals surface area contributed by atoms with Crippen molar-refractivity contribution < 1.29 is 4.79 Å². The van der Waals surface area contributed by atoms with Crippen LogP contribution < -0.4 is 11.1 Å². The Morgan fingerprint density at radius 2 is 2.14 bits per heavy atom. The fourth-order valence-electron chi connectivity index (χ4n) is 1.08. The zero-order chi connectivity index (χ0) is 10.9. The number of rotatable bonds is 1. The standard InChI is InChI=1S/C9H16N4O/c1-9(2,3)6-5-7(11-8(10)14)13(4)12-6/h5H,1-4H3,(H3,10,11,14). The second kappa shape index (κ2) is 3.32. The molecule has 0 saturated heterocycles. The summed E-state index contributed by atoms with van der Waals surface area (Å²) in [6.45, 7) is 6.18. The Balaban J connectivity index is 2.99. The molecule has 1 aromatic rings. The van der Waals surface area contributed by atoms with E-state index in [1.54, 1.807) is 11.7 Å². The van der Waals surface area contributed by atoms with Gasteiger partial charge in [-0.05, 0) is 0 Å². The molecule has 0 spiro atoms. The molecule has 0 bridgehead atoms. The lowest BCUT2D eigenvalue weighted by atomic mass is 9.92. The van der Waals surface area contributed by atoms with Gasteiger partial charge in [0.1, 0.15) is 5.82 Å². The van der Waals surface area contributed by atoms with Crippen molar-refractivity contribution in [3.8, 4) is 0 Å². The van der Waals surface area contributed by atoms with Crippen molar-refractivity contribution in [3.63, 3.8) is 0 Å². The van der Waals surface area contributed by atoms with E-state index >= 15 is 0 Å². The molecule has 2 amide bonds. The summed E-state index contributed by atoms with van der Waals surface area (Å²) in [6.07, 6.45) is 0. The third-order valence-electron chi connectivity index (χ3n) is 1.90. The molecule has 78 valence electrons. The summed E-state index contributed by atoms with van der Waals surface area (Å²) in [5.41, 5.74) is 5.91. The maximum absolute atomic E-state index is 10.6. The average molecular weight is 196 g/mol. The van der Waals surface area contributed by atoms with Crippen LogP contribution in [0.3, 0.4) is 0 Å². The first-order valence-corrected chi connectivity index (χ1v) is 4.41. The summed E-state index contributed by atoms with van der Waals surface area (Å²) >= 11 is 0. The highest BCUT2D eigenvalue weighted by Crippen LogP contribution is 2.23. The fraction of sp³-hybridized carbons (Fsp3) is 0.556. The van der Waals surface area contributed by atoms with E-state index < -0.39 is 6.03 Å². The molecule has 14 heavy (non-hydrogen) atoms. The number of hydrogen-bond donors (Lipinski definition) is 2. The molecule has 1 rings (SSSR count). The number of primary amides is 1. The van der Waals surface area contributed by atoms with Crippen molar-refractivity contribution in [2.75, 3.05) is 5.32 Å². The van der Waals surface area contributed by atoms with Gasteiger partial charge in [0.15, 0.2) is 0 Å². The lowest BCUT2D eigenvalue weighted by Crippen LogP contribution is -2.20. The Labute approximate surface area is 83.3 Å². The molecule has 1 heterocycles. The number of anilines is 1. The maximum Gasteiger partial charge on any atom is 0.317 e. The Bertz CT molecular complexity index is 348. The summed E-state index contributed by atoms with van der Waals surface area (Å²) in [6, 6.07) is 1.25. The molecule has 0 aliphatic carbocycles. The second-order valence-electron chi connectivity index (χ2n) is 4.28. The van der Waals surface area contributed by atoms with E-state index in [1.807, 2.05) is 6.07 Å². The van der Waals surface area contributed by atoms with Crippen LogP contribution in [0.25, 0.3) is 0 Å². The quantitative estimate of drug-likeness (QED) is 0.708. The van der Waals surface area contributed by atoms with E-state index in [2.05, 4.69) is 31.2 Å². The molecule has 1 aromatic heterocycles. The van der Waals surface area contributed by atoms with Crippen molar-refractivity contribution in [1.82, 2.24) is 9.78 Å². The normalized spacial score (nSPS) is 11.4. The van der Waals surface area contributed by atoms with Crippen LogP contribution in [-0.4, -0.2) is 15.8 Å². The number of aryl methyl sites for hydroxylation is 1. The van der Waals surface area contributed by atoms with E-state index in [1.165, 1.54) is 0 Å². The zero-order valence-electron chi connectivity index (χ0n) is 8.96. The second-order valence-corrected chi connectivity index (χ2v) is 4.28. The Morgan fingerprint density at radius 1 is 1.57 bits per heavy atom. The Kier molecular flexibility index (Phi) is 2.51. The molecule has 5 heteroatoms. The molecule has 0 aromatic carbocycles. The lowest BCUT2D eigenvalue weighted by molar-refractivity contribution is 0.259. The highest BCUT2D eigenvalue weighted by atomic mass is 16.2. The summed E-state index contributed by atoms with van der Waals surface area (Å²) in [5.74, 6) is 0.613. The largest absolute Gasteiger partial charge is 0.351 e. The Morgan fingerprint density at radius 3 is 2.50 bits per heavy atom. The van der Waals surface area contributed by atoms with Crippen LogP contribution in [0.1, 0.15) is 26.5 Å². The first-order chi connectivity index (χ1) is 6.30. The van der Waals surface area contributed by atoms with Gasteiger partial charge in [-0.3, -0.25) is 10.00 Å². The number of hydrogen-bond acceptors (Lipinski definition) is 2. The lowest BCUT2D eigenvalue weighted by Gasteiger charge is -2.13. The molecule has 0 atom stereocenters. The van der Waals surface area contributed by atoms with Crippen molar-refractivity contribution in [3.05, 3.63) is 11.8 Å². The van der Waals surface area contributed by atoms with Crippen LogP contribution >= 0.6 is 0 Å². The summed E-state index contributed by atoms with van der Waals surface area (Å²) in [4.78, 5) is 10.6. The van der Waals surface area contributed by atoms with Gasteiger partial charge in [0, 0.05) is 18.5 Å². The number of carbonyl (C=O) groups is 1. The van der Waals surface area contributed by atoms with Gasteiger partial charge in [-0.25, -0.2) is 4.79 Å². The first-order valence-electron chi connectivity index (χ1n) is 4.41. The number of nitrogens with two attached hydrogens (primary N) is 1. The van der Waals surface area contributed by atoms with Crippen LogP contribution in [0, 0.1) is 0 Å². The summed E-state index contributed by atoms with van der Waals surface area (Å²) < 4.78 is 1.60. The zero-order valence-corrected chi connectivity index (χ0v) is 8.96. The van der Waals surface area contributed by atoms with E-state index in [4.69, 9.17) is 5.73 Å². The van der Waals surface area contributed by atoms with E-state index in [0.29, 0.717) is 5.82 Å². The minimum Gasteiger partial charge on any atom is -0.351 e. The number of nitrogens with zero attached hydrogens (tertiary/aromatic N) is 2. The van der Waals surface area contributed by atoms with Gasteiger partial charge in [-0.1, -0.05) is 20.8 Å². The first kappa shape index (κ1) is 10.6.